The first-order valence-electron chi connectivity index (χ1n) is 6.53. The van der Waals surface area contributed by atoms with E-state index in [1.807, 2.05) is 11.3 Å². The molecule has 0 saturated carbocycles. The molecule has 0 amide bonds. The first kappa shape index (κ1) is 10.6. The summed E-state index contributed by atoms with van der Waals surface area (Å²) in [4.78, 5) is 6.24. The van der Waals surface area contributed by atoms with Crippen LogP contribution in [-0.2, 0) is 25.9 Å². The number of fused-ring (bicyclic) bond motifs is 2. The quantitative estimate of drug-likeness (QED) is 0.842. The Labute approximate surface area is 109 Å². The average molecular weight is 261 g/mol. The average Bonchev–Trinajstić information content (AvgIpc) is 3.02. The smallest absolute Gasteiger partial charge is 0.193 e. The summed E-state index contributed by atoms with van der Waals surface area (Å²) in [6, 6.07) is 0. The number of hydrogen-bond donors (Lipinski definition) is 1. The van der Waals surface area contributed by atoms with Crippen molar-refractivity contribution in [2.75, 3.05) is 6.54 Å². The lowest BCUT2D eigenvalue weighted by Gasteiger charge is -2.14. The van der Waals surface area contributed by atoms with E-state index in [1.165, 1.54) is 29.8 Å². The van der Waals surface area contributed by atoms with Crippen molar-refractivity contribution in [3.63, 3.8) is 0 Å². The van der Waals surface area contributed by atoms with Gasteiger partial charge in [0.25, 0.3) is 0 Å². The lowest BCUT2D eigenvalue weighted by molar-refractivity contribution is 0.508. The summed E-state index contributed by atoms with van der Waals surface area (Å²) in [5.74, 6) is 2.00. The van der Waals surface area contributed by atoms with E-state index in [9.17, 15) is 0 Å². The van der Waals surface area contributed by atoms with Crippen molar-refractivity contribution in [2.45, 2.75) is 38.8 Å². The molecule has 5 nitrogen and oxygen atoms in total. The second-order valence-electron chi connectivity index (χ2n) is 4.86. The summed E-state index contributed by atoms with van der Waals surface area (Å²) in [6.45, 7) is 2.75. The lowest BCUT2D eigenvalue weighted by Crippen LogP contribution is -2.28. The summed E-state index contributed by atoms with van der Waals surface area (Å²) in [5, 5.41) is 13.0. The normalized spacial score (nSPS) is 18.4. The van der Waals surface area contributed by atoms with Gasteiger partial charge in [-0.15, -0.1) is 21.5 Å². The van der Waals surface area contributed by atoms with Crippen LogP contribution in [0.2, 0.25) is 0 Å². The third-order valence-electron chi connectivity index (χ3n) is 3.66. The van der Waals surface area contributed by atoms with Crippen molar-refractivity contribution >= 4 is 11.3 Å². The van der Waals surface area contributed by atoms with Gasteiger partial charge in [0.2, 0.25) is 0 Å². The molecule has 6 heteroatoms. The number of rotatable bonds is 1. The fourth-order valence-electron chi connectivity index (χ4n) is 2.70. The SMILES string of the molecule is C1CCc2sc(-c3nnc4n3CCNC4)nc2C1. The largest absolute Gasteiger partial charge is 0.308 e. The third-order valence-corrected chi connectivity index (χ3v) is 4.81. The summed E-state index contributed by atoms with van der Waals surface area (Å²) >= 11 is 1.81. The monoisotopic (exact) mass is 261 g/mol. The number of aryl methyl sites for hydroxylation is 2. The number of thiazole rings is 1. The maximum absolute atomic E-state index is 4.78. The minimum atomic E-state index is 0.818. The van der Waals surface area contributed by atoms with E-state index in [4.69, 9.17) is 4.98 Å². The standard InChI is InChI=1S/C12H15N5S/c1-2-4-9-8(3-1)14-12(18-9)11-16-15-10-7-13-5-6-17(10)11/h13H,1-7H2. The lowest BCUT2D eigenvalue weighted by atomic mass is 10.0. The van der Waals surface area contributed by atoms with Gasteiger partial charge < -0.3 is 9.88 Å². The summed E-state index contributed by atoms with van der Waals surface area (Å²) < 4.78 is 2.21. The Hall–Kier alpha value is -1.27. The highest BCUT2D eigenvalue weighted by Gasteiger charge is 2.22. The molecule has 0 fully saturated rings. The minimum absolute atomic E-state index is 0.818. The first-order valence-corrected chi connectivity index (χ1v) is 7.35. The van der Waals surface area contributed by atoms with Crippen molar-refractivity contribution in [1.29, 1.82) is 0 Å². The van der Waals surface area contributed by atoms with Gasteiger partial charge in [-0.25, -0.2) is 4.98 Å². The molecule has 2 aromatic rings. The summed E-state index contributed by atoms with van der Waals surface area (Å²) in [5.41, 5.74) is 1.30. The molecule has 0 aromatic carbocycles. The molecule has 0 atom stereocenters. The van der Waals surface area contributed by atoms with Crippen LogP contribution in [0.4, 0.5) is 0 Å². The number of aromatic nitrogens is 4. The van der Waals surface area contributed by atoms with Gasteiger partial charge in [-0.3, -0.25) is 0 Å². The van der Waals surface area contributed by atoms with Crippen LogP contribution in [-0.4, -0.2) is 26.3 Å². The Morgan fingerprint density at radius 3 is 3.06 bits per heavy atom. The molecule has 18 heavy (non-hydrogen) atoms. The Balaban J connectivity index is 1.78. The van der Waals surface area contributed by atoms with E-state index in [-0.39, 0.29) is 0 Å². The van der Waals surface area contributed by atoms with Gasteiger partial charge in [0.1, 0.15) is 5.82 Å². The van der Waals surface area contributed by atoms with Crippen molar-refractivity contribution in [3.05, 3.63) is 16.4 Å². The van der Waals surface area contributed by atoms with Crippen LogP contribution in [0, 0.1) is 0 Å². The van der Waals surface area contributed by atoms with Crippen LogP contribution in [0.25, 0.3) is 10.8 Å². The van der Waals surface area contributed by atoms with Gasteiger partial charge in [0.05, 0.1) is 12.2 Å². The van der Waals surface area contributed by atoms with Crippen molar-refractivity contribution in [2.24, 2.45) is 0 Å². The minimum Gasteiger partial charge on any atom is -0.308 e. The molecule has 0 saturated heterocycles. The number of hydrogen-bond acceptors (Lipinski definition) is 5. The fraction of sp³-hybridized carbons (Fsp3) is 0.583. The maximum Gasteiger partial charge on any atom is 0.193 e. The molecular formula is C12H15N5S. The van der Waals surface area contributed by atoms with Crippen LogP contribution in [0.3, 0.4) is 0 Å². The van der Waals surface area contributed by atoms with Gasteiger partial charge in [-0.1, -0.05) is 0 Å². The Kier molecular flexibility index (Phi) is 2.44. The van der Waals surface area contributed by atoms with Crippen LogP contribution >= 0.6 is 11.3 Å². The van der Waals surface area contributed by atoms with E-state index in [0.29, 0.717) is 0 Å². The Bertz CT molecular complexity index is 562. The van der Waals surface area contributed by atoms with Crippen molar-refractivity contribution < 1.29 is 0 Å². The highest BCUT2D eigenvalue weighted by Crippen LogP contribution is 2.32. The zero-order valence-electron chi connectivity index (χ0n) is 10.1. The molecule has 0 unspecified atom stereocenters. The molecule has 2 aromatic heterocycles. The van der Waals surface area contributed by atoms with Gasteiger partial charge in [0.15, 0.2) is 10.8 Å². The molecule has 0 spiro atoms. The Morgan fingerprint density at radius 2 is 2.11 bits per heavy atom. The molecule has 94 valence electrons. The zero-order valence-corrected chi connectivity index (χ0v) is 11.0. The van der Waals surface area contributed by atoms with Crippen molar-refractivity contribution in [3.8, 4) is 10.8 Å². The molecule has 2 aliphatic rings. The molecule has 0 bridgehead atoms. The van der Waals surface area contributed by atoms with Crippen LogP contribution in [0.15, 0.2) is 0 Å². The van der Waals surface area contributed by atoms with Gasteiger partial charge in [-0.05, 0) is 25.7 Å². The van der Waals surface area contributed by atoms with Gasteiger partial charge >= 0.3 is 0 Å². The molecule has 1 N–H and O–H groups in total. The van der Waals surface area contributed by atoms with Crippen LogP contribution in [0.5, 0.6) is 0 Å². The van der Waals surface area contributed by atoms with Gasteiger partial charge in [-0.2, -0.15) is 0 Å². The van der Waals surface area contributed by atoms with Crippen molar-refractivity contribution in [1.82, 2.24) is 25.1 Å². The van der Waals surface area contributed by atoms with E-state index in [1.54, 1.807) is 0 Å². The highest BCUT2D eigenvalue weighted by molar-refractivity contribution is 7.15. The molecular weight excluding hydrogens is 246 g/mol. The first-order chi connectivity index (χ1) is 8.92. The zero-order chi connectivity index (χ0) is 11.9. The maximum atomic E-state index is 4.78. The summed E-state index contributed by atoms with van der Waals surface area (Å²) in [6.07, 6.45) is 4.90. The van der Waals surface area contributed by atoms with Gasteiger partial charge in [0, 0.05) is 18.0 Å². The number of nitrogens with one attached hydrogen (secondary N) is 1. The van der Waals surface area contributed by atoms with E-state index >= 15 is 0 Å². The second-order valence-corrected chi connectivity index (χ2v) is 5.95. The third kappa shape index (κ3) is 1.59. The summed E-state index contributed by atoms with van der Waals surface area (Å²) in [7, 11) is 0. The molecule has 1 aliphatic heterocycles. The van der Waals surface area contributed by atoms with E-state index in [2.05, 4.69) is 20.1 Å². The molecule has 3 heterocycles. The van der Waals surface area contributed by atoms with Crippen LogP contribution in [0.1, 0.15) is 29.2 Å². The topological polar surface area (TPSA) is 55.6 Å². The van der Waals surface area contributed by atoms with Crippen LogP contribution < -0.4 is 5.32 Å². The second kappa shape index (κ2) is 4.13. The fourth-order valence-corrected chi connectivity index (χ4v) is 3.84. The Morgan fingerprint density at radius 1 is 1.17 bits per heavy atom. The molecule has 4 rings (SSSR count). The molecule has 1 aliphatic carbocycles. The predicted molar refractivity (Wildman–Crippen MR) is 69.5 cm³/mol. The molecule has 0 radical (unpaired) electrons. The predicted octanol–water partition coefficient (Wildman–Crippen LogP) is 1.38. The van der Waals surface area contributed by atoms with E-state index < -0.39 is 0 Å². The van der Waals surface area contributed by atoms with E-state index in [0.717, 1.165) is 42.7 Å². The highest BCUT2D eigenvalue weighted by atomic mass is 32.1. The number of nitrogens with zero attached hydrogens (tertiary/aromatic N) is 4.